The maximum atomic E-state index is 12.9. The first kappa shape index (κ1) is 26.7. The number of amides is 2. The molecule has 2 N–H and O–H groups in total. The van der Waals surface area contributed by atoms with Gasteiger partial charge in [-0.15, -0.1) is 0 Å². The zero-order chi connectivity index (χ0) is 25.3. The second-order valence-corrected chi connectivity index (χ2v) is 9.68. The van der Waals surface area contributed by atoms with E-state index in [1.807, 2.05) is 47.2 Å². The fourth-order valence-electron chi connectivity index (χ4n) is 3.25. The molecule has 0 saturated carbocycles. The lowest BCUT2D eigenvalue weighted by atomic mass is 10.1. The van der Waals surface area contributed by atoms with Crippen molar-refractivity contribution in [3.8, 4) is 0 Å². The maximum absolute atomic E-state index is 12.9. The highest BCUT2D eigenvalue weighted by atomic mass is 32.2. The van der Waals surface area contributed by atoms with Crippen LogP contribution < -0.4 is 10.6 Å². The lowest BCUT2D eigenvalue weighted by Crippen LogP contribution is -2.47. The number of carbonyl (C=O) groups excluding carboxylic acids is 3. The smallest absolute Gasteiger partial charge is 0.350 e. The number of ketones is 1. The Morgan fingerprint density at radius 1 is 1.11 bits per heavy atom. The summed E-state index contributed by atoms with van der Waals surface area (Å²) in [7, 11) is 0. The molecule has 0 aliphatic carbocycles. The molecular weight excluding hydrogens is 499 g/mol. The van der Waals surface area contributed by atoms with Crippen molar-refractivity contribution < 1.29 is 27.6 Å². The van der Waals surface area contributed by atoms with Gasteiger partial charge in [0.15, 0.2) is 0 Å². The minimum Gasteiger partial charge on any atom is -0.350 e. The van der Waals surface area contributed by atoms with Gasteiger partial charge in [0.25, 0.3) is 0 Å². The Hall–Kier alpha value is -2.92. The van der Waals surface area contributed by atoms with E-state index in [4.69, 9.17) is 0 Å². The number of aromatic nitrogens is 1. The predicted octanol–water partition coefficient (Wildman–Crippen LogP) is 4.28. The van der Waals surface area contributed by atoms with Crippen LogP contribution in [0.1, 0.15) is 24.0 Å². The summed E-state index contributed by atoms with van der Waals surface area (Å²) in [6.07, 6.45) is -2.48. The zero-order valence-electron chi connectivity index (χ0n) is 18.6. The first-order chi connectivity index (χ1) is 16.7. The van der Waals surface area contributed by atoms with Gasteiger partial charge < -0.3 is 10.6 Å². The Morgan fingerprint density at radius 2 is 1.91 bits per heavy atom. The van der Waals surface area contributed by atoms with Crippen molar-refractivity contribution in [3.63, 3.8) is 0 Å². The quantitative estimate of drug-likeness (QED) is 0.346. The third-order valence-electron chi connectivity index (χ3n) is 5.04. The molecule has 0 aliphatic rings. The first-order valence-electron chi connectivity index (χ1n) is 10.8. The van der Waals surface area contributed by atoms with Gasteiger partial charge in [0, 0.05) is 18.1 Å². The third-order valence-corrected chi connectivity index (χ3v) is 6.82. The third kappa shape index (κ3) is 8.66. The molecule has 0 radical (unpaired) electrons. The standard InChI is InChI=1S/C24H24F3N3O3S2/c25-24(26,27)21(31)15-34-8-3-6-20(30-22(32)11-16-7-9-35-14-16)23(33)29-13-17-10-18-4-1-2-5-19(18)28-12-17/h1-2,4-5,7,9-10,12,14,20H,3,6,8,11,13,15H2,(H,29,33)(H,30,32)/t20-/m0/s1. The Kier molecular flexibility index (Phi) is 9.67. The minimum absolute atomic E-state index is 0.122. The van der Waals surface area contributed by atoms with E-state index in [1.54, 1.807) is 6.20 Å². The molecule has 0 spiro atoms. The molecule has 3 aromatic rings. The summed E-state index contributed by atoms with van der Waals surface area (Å²) in [5, 5.41) is 10.2. The Morgan fingerprint density at radius 3 is 2.66 bits per heavy atom. The normalized spacial score (nSPS) is 12.3. The van der Waals surface area contributed by atoms with Crippen LogP contribution in [-0.2, 0) is 27.3 Å². The number of hydrogen-bond donors (Lipinski definition) is 2. The topological polar surface area (TPSA) is 88.2 Å². The highest BCUT2D eigenvalue weighted by Gasteiger charge is 2.37. The fourth-order valence-corrected chi connectivity index (χ4v) is 4.79. The van der Waals surface area contributed by atoms with Crippen LogP contribution in [0.3, 0.4) is 0 Å². The number of nitrogens with one attached hydrogen (secondary N) is 2. The summed E-state index contributed by atoms with van der Waals surface area (Å²) in [5.41, 5.74) is 2.46. The molecule has 2 amide bonds. The highest BCUT2D eigenvalue weighted by molar-refractivity contribution is 7.99. The van der Waals surface area contributed by atoms with E-state index < -0.39 is 29.7 Å². The van der Waals surface area contributed by atoms with Crippen LogP contribution in [0.5, 0.6) is 0 Å². The van der Waals surface area contributed by atoms with Crippen molar-refractivity contribution in [3.05, 3.63) is 64.5 Å². The van der Waals surface area contributed by atoms with Gasteiger partial charge in [0.1, 0.15) is 6.04 Å². The second kappa shape index (κ2) is 12.7. The molecule has 0 bridgehead atoms. The SMILES string of the molecule is O=C(Cc1ccsc1)N[C@@H](CCCSCC(=O)C(F)(F)F)C(=O)NCc1cnc2ccccc2c1. The summed E-state index contributed by atoms with van der Waals surface area (Å²) in [6.45, 7) is 0.211. The van der Waals surface area contributed by atoms with E-state index in [0.717, 1.165) is 33.8 Å². The van der Waals surface area contributed by atoms with Gasteiger partial charge in [0.05, 0.1) is 17.7 Å². The monoisotopic (exact) mass is 523 g/mol. The Bertz CT molecular complexity index is 1150. The van der Waals surface area contributed by atoms with Gasteiger partial charge in [-0.3, -0.25) is 19.4 Å². The van der Waals surface area contributed by atoms with Crippen molar-refractivity contribution in [1.82, 2.24) is 15.6 Å². The van der Waals surface area contributed by atoms with E-state index >= 15 is 0 Å². The van der Waals surface area contributed by atoms with Crippen LogP contribution in [0.25, 0.3) is 10.9 Å². The molecule has 0 unspecified atom stereocenters. The number of para-hydroxylation sites is 1. The number of nitrogens with zero attached hydrogens (tertiary/aromatic N) is 1. The molecule has 0 fully saturated rings. The minimum atomic E-state index is -4.84. The second-order valence-electron chi connectivity index (χ2n) is 7.80. The number of thioether (sulfide) groups is 1. The van der Waals surface area contributed by atoms with Crippen LogP contribution >= 0.6 is 23.1 Å². The highest BCUT2D eigenvalue weighted by Crippen LogP contribution is 2.19. The number of alkyl halides is 3. The number of rotatable bonds is 12. The summed E-state index contributed by atoms with van der Waals surface area (Å²) in [6, 6.07) is 10.5. The lowest BCUT2D eigenvalue weighted by Gasteiger charge is -2.18. The van der Waals surface area contributed by atoms with Crippen LogP contribution in [0.2, 0.25) is 0 Å². The number of pyridine rings is 1. The average molecular weight is 524 g/mol. The Labute approximate surface area is 208 Å². The van der Waals surface area contributed by atoms with Crippen molar-refractivity contribution in [2.75, 3.05) is 11.5 Å². The van der Waals surface area contributed by atoms with E-state index in [0.29, 0.717) is 6.42 Å². The molecule has 35 heavy (non-hydrogen) atoms. The Balaban J connectivity index is 1.55. The molecule has 2 aromatic heterocycles. The van der Waals surface area contributed by atoms with Crippen molar-refractivity contribution in [1.29, 1.82) is 0 Å². The molecule has 0 aliphatic heterocycles. The number of benzene rings is 1. The molecule has 0 saturated heterocycles. The van der Waals surface area contributed by atoms with E-state index in [1.165, 1.54) is 11.3 Å². The molecule has 1 atom stereocenters. The van der Waals surface area contributed by atoms with Crippen LogP contribution in [0.15, 0.2) is 53.4 Å². The van der Waals surface area contributed by atoms with Crippen LogP contribution in [-0.4, -0.2) is 46.3 Å². The number of carbonyl (C=O) groups is 3. The molecule has 2 heterocycles. The number of fused-ring (bicyclic) bond motifs is 1. The van der Waals surface area contributed by atoms with Gasteiger partial charge in [-0.25, -0.2) is 0 Å². The van der Waals surface area contributed by atoms with Gasteiger partial charge in [-0.1, -0.05) is 18.2 Å². The first-order valence-corrected chi connectivity index (χ1v) is 12.9. The predicted molar refractivity (Wildman–Crippen MR) is 131 cm³/mol. The number of Topliss-reactive ketones (excluding diaryl/α,β-unsaturated/α-hetero) is 1. The van der Waals surface area contributed by atoms with E-state index in [9.17, 15) is 27.6 Å². The molecule has 186 valence electrons. The van der Waals surface area contributed by atoms with E-state index in [-0.39, 0.29) is 31.0 Å². The largest absolute Gasteiger partial charge is 0.450 e. The molecule has 11 heteroatoms. The molecule has 3 rings (SSSR count). The zero-order valence-corrected chi connectivity index (χ0v) is 20.3. The summed E-state index contributed by atoms with van der Waals surface area (Å²) >= 11 is 2.32. The summed E-state index contributed by atoms with van der Waals surface area (Å²) < 4.78 is 37.0. The van der Waals surface area contributed by atoms with Crippen molar-refractivity contribution in [2.45, 2.75) is 38.0 Å². The number of halogens is 3. The molecular formula is C24H24F3N3O3S2. The lowest BCUT2D eigenvalue weighted by molar-refractivity contribution is -0.167. The van der Waals surface area contributed by atoms with Crippen LogP contribution in [0, 0.1) is 0 Å². The average Bonchev–Trinajstić information content (AvgIpc) is 3.33. The molecule has 6 nitrogen and oxygen atoms in total. The van der Waals surface area contributed by atoms with Crippen molar-refractivity contribution in [2.24, 2.45) is 0 Å². The van der Waals surface area contributed by atoms with E-state index in [2.05, 4.69) is 15.6 Å². The summed E-state index contributed by atoms with van der Waals surface area (Å²) in [4.78, 5) is 40.7. The number of thiophene rings is 1. The van der Waals surface area contributed by atoms with Crippen molar-refractivity contribution >= 4 is 51.6 Å². The molecule has 1 aromatic carbocycles. The van der Waals surface area contributed by atoms with Gasteiger partial charge in [-0.2, -0.15) is 36.3 Å². The fraction of sp³-hybridized carbons (Fsp3) is 0.333. The van der Waals surface area contributed by atoms with Gasteiger partial charge >= 0.3 is 6.18 Å². The van der Waals surface area contributed by atoms with Gasteiger partial charge in [0.2, 0.25) is 17.6 Å². The summed E-state index contributed by atoms with van der Waals surface area (Å²) in [5.74, 6) is -2.92. The number of hydrogen-bond acceptors (Lipinski definition) is 6. The van der Waals surface area contributed by atoms with Gasteiger partial charge in [-0.05, 0) is 58.7 Å². The maximum Gasteiger partial charge on any atom is 0.450 e. The van der Waals surface area contributed by atoms with Crippen LogP contribution in [0.4, 0.5) is 13.2 Å².